The van der Waals surface area contributed by atoms with E-state index in [0.29, 0.717) is 11.5 Å². The molecule has 0 aliphatic heterocycles. The van der Waals surface area contributed by atoms with Gasteiger partial charge in [0, 0.05) is 17.9 Å². The van der Waals surface area contributed by atoms with Crippen molar-refractivity contribution in [3.63, 3.8) is 0 Å². The molecular formula is C10H12N4. The molecule has 14 heavy (non-hydrogen) atoms. The second-order valence-electron chi connectivity index (χ2n) is 3.90. The summed E-state index contributed by atoms with van der Waals surface area (Å²) < 4.78 is 0. The second kappa shape index (κ2) is 3.26. The first-order valence-electron chi connectivity index (χ1n) is 4.73. The van der Waals surface area contributed by atoms with Gasteiger partial charge in [-0.15, -0.1) is 0 Å². The second-order valence-corrected chi connectivity index (χ2v) is 3.90. The van der Waals surface area contributed by atoms with Gasteiger partial charge in [0.15, 0.2) is 11.5 Å². The van der Waals surface area contributed by atoms with Gasteiger partial charge in [-0.25, -0.2) is 9.97 Å². The minimum Gasteiger partial charge on any atom is -0.363 e. The number of hydrogen-bond acceptors (Lipinski definition) is 4. The summed E-state index contributed by atoms with van der Waals surface area (Å²) in [5, 5.41) is 12.1. The van der Waals surface area contributed by atoms with Crippen molar-refractivity contribution in [3.05, 3.63) is 18.1 Å². The molecule has 2 rings (SSSR count). The quantitative estimate of drug-likeness (QED) is 0.767. The Morgan fingerprint density at radius 2 is 2.14 bits per heavy atom. The van der Waals surface area contributed by atoms with E-state index in [9.17, 15) is 0 Å². The molecule has 4 heteroatoms. The Morgan fingerprint density at radius 1 is 1.43 bits per heavy atom. The van der Waals surface area contributed by atoms with Crippen molar-refractivity contribution in [2.75, 3.05) is 5.32 Å². The van der Waals surface area contributed by atoms with Crippen LogP contribution in [-0.4, -0.2) is 15.5 Å². The number of hydrogen-bond donors (Lipinski definition) is 1. The van der Waals surface area contributed by atoms with Gasteiger partial charge in [0.2, 0.25) is 0 Å². The molecule has 1 heterocycles. The molecule has 1 saturated carbocycles. The zero-order valence-corrected chi connectivity index (χ0v) is 8.12. The first-order chi connectivity index (χ1) is 6.73. The van der Waals surface area contributed by atoms with Gasteiger partial charge >= 0.3 is 0 Å². The summed E-state index contributed by atoms with van der Waals surface area (Å²) in [6.07, 6.45) is 6.65. The summed E-state index contributed by atoms with van der Waals surface area (Å²) in [6.45, 7) is 2.15. The van der Waals surface area contributed by atoms with Crippen LogP contribution < -0.4 is 5.32 Å². The molecule has 1 aliphatic carbocycles. The highest BCUT2D eigenvalue weighted by atomic mass is 15.1. The van der Waals surface area contributed by atoms with Gasteiger partial charge in [-0.1, -0.05) is 0 Å². The third kappa shape index (κ3) is 1.53. The molecule has 1 aromatic rings. The van der Waals surface area contributed by atoms with Gasteiger partial charge in [0.25, 0.3) is 0 Å². The summed E-state index contributed by atoms with van der Waals surface area (Å²) >= 11 is 0. The smallest absolute Gasteiger partial charge is 0.182 e. The maximum absolute atomic E-state index is 8.81. The largest absolute Gasteiger partial charge is 0.363 e. The van der Waals surface area contributed by atoms with Crippen molar-refractivity contribution < 1.29 is 0 Å². The van der Waals surface area contributed by atoms with Crippen LogP contribution in [0.5, 0.6) is 0 Å². The molecule has 1 aliphatic rings. The maximum atomic E-state index is 8.81. The SMILES string of the molecule is CC1(Nc2nccnc2C#N)CCC1. The van der Waals surface area contributed by atoms with Gasteiger partial charge in [-0.3, -0.25) is 0 Å². The van der Waals surface area contributed by atoms with Crippen LogP contribution >= 0.6 is 0 Å². The summed E-state index contributed by atoms with van der Waals surface area (Å²) in [4.78, 5) is 8.07. The Balaban J connectivity index is 2.20. The number of nitriles is 1. The molecule has 0 unspecified atom stereocenters. The molecule has 72 valence electrons. The molecule has 0 amide bonds. The molecule has 1 aromatic heterocycles. The summed E-state index contributed by atoms with van der Waals surface area (Å²) in [5.41, 5.74) is 0.488. The van der Waals surface area contributed by atoms with E-state index in [-0.39, 0.29) is 5.54 Å². The van der Waals surface area contributed by atoms with Crippen molar-refractivity contribution in [2.45, 2.75) is 31.7 Å². The van der Waals surface area contributed by atoms with Gasteiger partial charge in [-0.2, -0.15) is 5.26 Å². The Labute approximate surface area is 83.0 Å². The van der Waals surface area contributed by atoms with Crippen LogP contribution in [0.4, 0.5) is 5.82 Å². The maximum Gasteiger partial charge on any atom is 0.182 e. The molecule has 0 radical (unpaired) electrons. The first kappa shape index (κ1) is 8.95. The Hall–Kier alpha value is -1.63. The highest BCUT2D eigenvalue weighted by Crippen LogP contribution is 2.34. The van der Waals surface area contributed by atoms with E-state index in [2.05, 4.69) is 22.2 Å². The highest BCUT2D eigenvalue weighted by Gasteiger charge is 2.32. The minimum atomic E-state index is 0.113. The zero-order valence-electron chi connectivity index (χ0n) is 8.12. The zero-order chi connectivity index (χ0) is 10.0. The standard InChI is InChI=1S/C10H12N4/c1-10(3-2-4-10)14-9-8(7-11)12-5-6-13-9/h5-6H,2-4H2,1H3,(H,13,14). The number of nitrogens with zero attached hydrogens (tertiary/aromatic N) is 3. The van der Waals surface area contributed by atoms with Crippen LogP contribution in [0.15, 0.2) is 12.4 Å². The van der Waals surface area contributed by atoms with Crippen molar-refractivity contribution in [2.24, 2.45) is 0 Å². The molecule has 1 fully saturated rings. The van der Waals surface area contributed by atoms with E-state index in [1.54, 1.807) is 6.20 Å². The fourth-order valence-corrected chi connectivity index (χ4v) is 1.63. The molecule has 1 N–H and O–H groups in total. The summed E-state index contributed by atoms with van der Waals surface area (Å²) in [7, 11) is 0. The van der Waals surface area contributed by atoms with Crippen LogP contribution in [0.2, 0.25) is 0 Å². The Morgan fingerprint density at radius 3 is 2.71 bits per heavy atom. The van der Waals surface area contributed by atoms with E-state index in [1.807, 2.05) is 6.07 Å². The molecule has 4 nitrogen and oxygen atoms in total. The van der Waals surface area contributed by atoms with E-state index in [1.165, 1.54) is 12.6 Å². The molecule has 0 saturated heterocycles. The van der Waals surface area contributed by atoms with E-state index in [4.69, 9.17) is 5.26 Å². The Kier molecular flexibility index (Phi) is 2.08. The predicted molar refractivity (Wildman–Crippen MR) is 52.6 cm³/mol. The summed E-state index contributed by atoms with van der Waals surface area (Å²) in [6, 6.07) is 2.03. The molecule has 0 aromatic carbocycles. The third-order valence-corrected chi connectivity index (χ3v) is 2.68. The van der Waals surface area contributed by atoms with Crippen molar-refractivity contribution >= 4 is 5.82 Å². The lowest BCUT2D eigenvalue weighted by Crippen LogP contribution is -2.42. The van der Waals surface area contributed by atoms with Crippen LogP contribution in [0.3, 0.4) is 0 Å². The van der Waals surface area contributed by atoms with E-state index < -0.39 is 0 Å². The molecule has 0 spiro atoms. The molecular weight excluding hydrogens is 176 g/mol. The molecule has 0 bridgehead atoms. The monoisotopic (exact) mass is 188 g/mol. The lowest BCUT2D eigenvalue weighted by Gasteiger charge is -2.39. The number of nitrogens with one attached hydrogen (secondary N) is 1. The van der Waals surface area contributed by atoms with Gasteiger partial charge in [0.1, 0.15) is 6.07 Å². The predicted octanol–water partition coefficient (Wildman–Crippen LogP) is 1.70. The van der Waals surface area contributed by atoms with Crippen molar-refractivity contribution in [1.82, 2.24) is 9.97 Å². The van der Waals surface area contributed by atoms with E-state index >= 15 is 0 Å². The Bertz CT molecular complexity index is 376. The van der Waals surface area contributed by atoms with E-state index in [0.717, 1.165) is 12.8 Å². The summed E-state index contributed by atoms with van der Waals surface area (Å²) in [5.74, 6) is 0.609. The highest BCUT2D eigenvalue weighted by molar-refractivity contribution is 5.48. The first-order valence-corrected chi connectivity index (χ1v) is 4.73. The lowest BCUT2D eigenvalue weighted by atomic mass is 9.78. The fraction of sp³-hybridized carbons (Fsp3) is 0.500. The molecule has 0 atom stereocenters. The van der Waals surface area contributed by atoms with Crippen molar-refractivity contribution in [1.29, 1.82) is 5.26 Å². The topological polar surface area (TPSA) is 61.6 Å². The van der Waals surface area contributed by atoms with Crippen LogP contribution in [0.25, 0.3) is 0 Å². The van der Waals surface area contributed by atoms with Crippen LogP contribution in [0, 0.1) is 11.3 Å². The van der Waals surface area contributed by atoms with Gasteiger partial charge in [-0.05, 0) is 26.2 Å². The fourth-order valence-electron chi connectivity index (χ4n) is 1.63. The van der Waals surface area contributed by atoms with Crippen LogP contribution in [0.1, 0.15) is 31.9 Å². The van der Waals surface area contributed by atoms with Crippen LogP contribution in [-0.2, 0) is 0 Å². The van der Waals surface area contributed by atoms with Gasteiger partial charge < -0.3 is 5.32 Å². The minimum absolute atomic E-state index is 0.113. The van der Waals surface area contributed by atoms with Crippen molar-refractivity contribution in [3.8, 4) is 6.07 Å². The average molecular weight is 188 g/mol. The average Bonchev–Trinajstić information content (AvgIpc) is 2.16. The normalized spacial score (nSPS) is 18.0. The number of aromatic nitrogens is 2. The third-order valence-electron chi connectivity index (χ3n) is 2.68. The number of rotatable bonds is 2. The lowest BCUT2D eigenvalue weighted by molar-refractivity contribution is 0.305. The number of anilines is 1. The van der Waals surface area contributed by atoms with Gasteiger partial charge in [0.05, 0.1) is 0 Å².